The fraction of sp³-hybridized carbons (Fsp3) is 0.0714. The first kappa shape index (κ1) is 12.5. The summed E-state index contributed by atoms with van der Waals surface area (Å²) < 4.78 is 12.8. The predicted molar refractivity (Wildman–Crippen MR) is 72.2 cm³/mol. The Labute approximate surface area is 109 Å². The van der Waals surface area contributed by atoms with Crippen LogP contribution in [0.3, 0.4) is 0 Å². The van der Waals surface area contributed by atoms with Crippen LogP contribution in [-0.2, 0) is 0 Å². The molecule has 18 heavy (non-hydrogen) atoms. The lowest BCUT2D eigenvalue weighted by Gasteiger charge is -1.98. The zero-order valence-electron chi connectivity index (χ0n) is 9.65. The second-order valence-electron chi connectivity index (χ2n) is 3.67. The summed E-state index contributed by atoms with van der Waals surface area (Å²) in [4.78, 5) is 13.3. The van der Waals surface area contributed by atoms with E-state index in [0.717, 1.165) is 10.4 Å². The Morgan fingerprint density at radius 3 is 2.67 bits per heavy atom. The van der Waals surface area contributed by atoms with Crippen molar-refractivity contribution in [2.75, 3.05) is 6.54 Å². The summed E-state index contributed by atoms with van der Waals surface area (Å²) in [5.41, 5.74) is 0.907. The van der Waals surface area contributed by atoms with E-state index in [0.29, 0.717) is 11.4 Å². The molecule has 2 nitrogen and oxygen atoms in total. The number of nitrogens with one attached hydrogen (secondary N) is 1. The van der Waals surface area contributed by atoms with Crippen molar-refractivity contribution in [1.82, 2.24) is 5.32 Å². The first-order valence-electron chi connectivity index (χ1n) is 5.45. The van der Waals surface area contributed by atoms with Crippen molar-refractivity contribution in [1.29, 1.82) is 0 Å². The van der Waals surface area contributed by atoms with Gasteiger partial charge in [0.15, 0.2) is 0 Å². The minimum Gasteiger partial charge on any atom is -0.348 e. The minimum absolute atomic E-state index is 0.117. The lowest BCUT2D eigenvalue weighted by atomic mass is 10.2. The summed E-state index contributed by atoms with van der Waals surface area (Å²) in [6.45, 7) is 3.99. The van der Waals surface area contributed by atoms with Crippen LogP contribution in [0, 0.1) is 5.82 Å². The molecule has 4 heteroatoms. The average molecular weight is 261 g/mol. The Hall–Kier alpha value is -1.94. The number of rotatable bonds is 4. The van der Waals surface area contributed by atoms with Crippen molar-refractivity contribution in [3.63, 3.8) is 0 Å². The lowest BCUT2D eigenvalue weighted by molar-refractivity contribution is 0.0962. The molecule has 0 radical (unpaired) electrons. The number of thiophene rings is 1. The van der Waals surface area contributed by atoms with E-state index in [1.807, 2.05) is 6.07 Å². The van der Waals surface area contributed by atoms with Crippen LogP contribution in [0.4, 0.5) is 4.39 Å². The monoisotopic (exact) mass is 261 g/mol. The van der Waals surface area contributed by atoms with E-state index >= 15 is 0 Å². The highest BCUT2D eigenvalue weighted by molar-refractivity contribution is 7.17. The summed E-state index contributed by atoms with van der Waals surface area (Å²) in [5, 5.41) is 2.72. The molecule has 0 bridgehead atoms. The van der Waals surface area contributed by atoms with Gasteiger partial charge in [0, 0.05) is 11.4 Å². The van der Waals surface area contributed by atoms with E-state index in [1.165, 1.54) is 23.5 Å². The lowest BCUT2D eigenvalue weighted by Crippen LogP contribution is -2.21. The van der Waals surface area contributed by atoms with Gasteiger partial charge in [-0.25, -0.2) is 4.39 Å². The van der Waals surface area contributed by atoms with Crippen LogP contribution in [0.25, 0.3) is 10.4 Å². The van der Waals surface area contributed by atoms with Gasteiger partial charge >= 0.3 is 0 Å². The predicted octanol–water partition coefficient (Wildman–Crippen LogP) is 3.47. The van der Waals surface area contributed by atoms with Gasteiger partial charge in [-0.05, 0) is 29.8 Å². The number of carbonyl (C=O) groups excluding carboxylic acids is 1. The van der Waals surface area contributed by atoms with Gasteiger partial charge < -0.3 is 5.32 Å². The number of benzene rings is 1. The van der Waals surface area contributed by atoms with Gasteiger partial charge in [0.25, 0.3) is 5.91 Å². The molecule has 2 aromatic rings. The number of amides is 1. The molecule has 0 unspecified atom stereocenters. The van der Waals surface area contributed by atoms with Crippen molar-refractivity contribution in [3.8, 4) is 10.4 Å². The number of halogens is 1. The summed E-state index contributed by atoms with van der Waals surface area (Å²) in [6.07, 6.45) is 1.63. The second kappa shape index (κ2) is 5.60. The van der Waals surface area contributed by atoms with Gasteiger partial charge in [-0.2, -0.15) is 0 Å². The normalized spacial score (nSPS) is 10.1. The third-order valence-corrected chi connectivity index (χ3v) is 3.50. The average Bonchev–Trinajstić information content (AvgIpc) is 2.86. The summed E-state index contributed by atoms with van der Waals surface area (Å²) in [7, 11) is 0. The molecule has 92 valence electrons. The number of hydrogen-bond donors (Lipinski definition) is 1. The molecule has 1 amide bonds. The molecule has 1 aromatic carbocycles. The van der Waals surface area contributed by atoms with Crippen LogP contribution >= 0.6 is 11.3 Å². The molecule has 1 heterocycles. The standard InChI is InChI=1S/C14H12FNOS/c1-2-9-16-14(17)13-8-7-12(18-13)10-3-5-11(15)6-4-10/h2-8H,1,9H2,(H,16,17). The van der Waals surface area contributed by atoms with E-state index in [2.05, 4.69) is 11.9 Å². The maximum atomic E-state index is 12.8. The van der Waals surface area contributed by atoms with Crippen LogP contribution in [0.5, 0.6) is 0 Å². The van der Waals surface area contributed by atoms with Crippen LogP contribution < -0.4 is 5.32 Å². The summed E-state index contributed by atoms with van der Waals surface area (Å²) in [5.74, 6) is -0.382. The molecule has 0 fully saturated rings. The number of carbonyl (C=O) groups is 1. The highest BCUT2D eigenvalue weighted by Gasteiger charge is 2.09. The van der Waals surface area contributed by atoms with Crippen molar-refractivity contribution in [3.05, 3.63) is 59.7 Å². The van der Waals surface area contributed by atoms with Crippen molar-refractivity contribution < 1.29 is 9.18 Å². The maximum Gasteiger partial charge on any atom is 0.261 e. The van der Waals surface area contributed by atoms with Crippen molar-refractivity contribution in [2.24, 2.45) is 0 Å². The molecule has 0 aliphatic carbocycles. The van der Waals surface area contributed by atoms with Crippen LogP contribution in [0.2, 0.25) is 0 Å². The molecule has 0 aliphatic rings. The molecular weight excluding hydrogens is 249 g/mol. The maximum absolute atomic E-state index is 12.8. The Bertz CT molecular complexity index is 559. The van der Waals surface area contributed by atoms with Crippen LogP contribution in [-0.4, -0.2) is 12.5 Å². The van der Waals surface area contributed by atoms with E-state index < -0.39 is 0 Å². The highest BCUT2D eigenvalue weighted by Crippen LogP contribution is 2.28. The fourth-order valence-corrected chi connectivity index (χ4v) is 2.41. The Kier molecular flexibility index (Phi) is 3.89. The molecule has 0 spiro atoms. The summed E-state index contributed by atoms with van der Waals surface area (Å²) >= 11 is 1.38. The van der Waals surface area contributed by atoms with E-state index in [9.17, 15) is 9.18 Å². The highest BCUT2D eigenvalue weighted by atomic mass is 32.1. The fourth-order valence-electron chi connectivity index (χ4n) is 1.48. The Balaban J connectivity index is 2.17. The van der Waals surface area contributed by atoms with Gasteiger partial charge in [-0.1, -0.05) is 18.2 Å². The minimum atomic E-state index is -0.265. The first-order chi connectivity index (χ1) is 8.70. The topological polar surface area (TPSA) is 29.1 Å². The van der Waals surface area contributed by atoms with Gasteiger partial charge in [0.1, 0.15) is 5.82 Å². The number of hydrogen-bond acceptors (Lipinski definition) is 2. The van der Waals surface area contributed by atoms with Gasteiger partial charge in [0.2, 0.25) is 0 Å². The molecule has 0 atom stereocenters. The molecule has 1 aromatic heterocycles. The SMILES string of the molecule is C=CCNC(=O)c1ccc(-c2ccc(F)cc2)s1. The van der Waals surface area contributed by atoms with E-state index in [4.69, 9.17) is 0 Å². The largest absolute Gasteiger partial charge is 0.348 e. The molecule has 0 saturated carbocycles. The van der Waals surface area contributed by atoms with Crippen LogP contribution in [0.1, 0.15) is 9.67 Å². The van der Waals surface area contributed by atoms with Crippen molar-refractivity contribution >= 4 is 17.2 Å². The smallest absolute Gasteiger partial charge is 0.261 e. The zero-order valence-corrected chi connectivity index (χ0v) is 10.5. The van der Waals surface area contributed by atoms with E-state index in [1.54, 1.807) is 24.3 Å². The first-order valence-corrected chi connectivity index (χ1v) is 6.27. The van der Waals surface area contributed by atoms with Crippen LogP contribution in [0.15, 0.2) is 49.1 Å². The molecular formula is C14H12FNOS. The summed E-state index contributed by atoms with van der Waals surface area (Å²) in [6, 6.07) is 9.85. The Morgan fingerprint density at radius 2 is 2.00 bits per heavy atom. The van der Waals surface area contributed by atoms with Gasteiger partial charge in [-0.15, -0.1) is 17.9 Å². The molecule has 0 aliphatic heterocycles. The second-order valence-corrected chi connectivity index (χ2v) is 4.75. The van der Waals surface area contributed by atoms with E-state index in [-0.39, 0.29) is 11.7 Å². The molecule has 2 rings (SSSR count). The molecule has 1 N–H and O–H groups in total. The van der Waals surface area contributed by atoms with Crippen molar-refractivity contribution in [2.45, 2.75) is 0 Å². The quantitative estimate of drug-likeness (QED) is 0.839. The third-order valence-electron chi connectivity index (χ3n) is 2.37. The third kappa shape index (κ3) is 2.84. The zero-order chi connectivity index (χ0) is 13.0. The van der Waals surface area contributed by atoms with Gasteiger partial charge in [-0.3, -0.25) is 4.79 Å². The van der Waals surface area contributed by atoms with Gasteiger partial charge in [0.05, 0.1) is 4.88 Å². The molecule has 0 saturated heterocycles. The Morgan fingerprint density at radius 1 is 1.28 bits per heavy atom.